The first-order valence-electron chi connectivity index (χ1n) is 11.3. The first kappa shape index (κ1) is 27.7. The van der Waals surface area contributed by atoms with E-state index in [0.29, 0.717) is 32.4 Å². The molecule has 2 aliphatic heterocycles. The van der Waals surface area contributed by atoms with Gasteiger partial charge in [0.2, 0.25) is 15.9 Å². The zero-order valence-corrected chi connectivity index (χ0v) is 22.6. The van der Waals surface area contributed by atoms with Crippen LogP contribution in [0.3, 0.4) is 0 Å². The molecule has 2 aromatic carbocycles. The molecule has 35 heavy (non-hydrogen) atoms. The summed E-state index contributed by atoms with van der Waals surface area (Å²) in [6.07, 6.45) is 2.19. The van der Waals surface area contributed by atoms with Crippen molar-refractivity contribution in [2.45, 2.75) is 36.6 Å². The molecule has 2 aromatic rings. The van der Waals surface area contributed by atoms with Gasteiger partial charge in [0.25, 0.3) is 0 Å². The van der Waals surface area contributed by atoms with E-state index < -0.39 is 16.1 Å². The molecule has 1 saturated heterocycles. The number of rotatable bonds is 8. The Balaban J connectivity index is 0.00000342. The van der Waals surface area contributed by atoms with Gasteiger partial charge in [-0.05, 0) is 37.0 Å². The fourth-order valence-electron chi connectivity index (χ4n) is 4.34. The summed E-state index contributed by atoms with van der Waals surface area (Å²) in [6, 6.07) is 12.4. The van der Waals surface area contributed by atoms with Crippen molar-refractivity contribution in [3.63, 3.8) is 0 Å². The standard InChI is InChI=1S/C24H28Cl2N4O3S.ClH/c1-29(15-11-17-7-9-18(10-8-17)24-27-12-13-28-24)22(31)16-19-4-3-14-30(19)34(32,33)21-6-2-5-20(25)23(21)26;/h2,5-10,19H,3-4,11-16H2,1H3,(H,27,28);1H. The molecule has 7 nitrogen and oxygen atoms in total. The van der Waals surface area contributed by atoms with Gasteiger partial charge in [-0.15, -0.1) is 12.4 Å². The van der Waals surface area contributed by atoms with Gasteiger partial charge in [0.05, 0.1) is 16.6 Å². The molecular weight excluding hydrogens is 531 g/mol. The van der Waals surface area contributed by atoms with Crippen molar-refractivity contribution in [3.05, 3.63) is 63.6 Å². The number of nitrogens with zero attached hydrogens (tertiary/aromatic N) is 3. The third-order valence-electron chi connectivity index (χ3n) is 6.30. The van der Waals surface area contributed by atoms with E-state index in [4.69, 9.17) is 23.2 Å². The summed E-state index contributed by atoms with van der Waals surface area (Å²) in [5, 5.41) is 3.46. The molecular formula is C24H29Cl3N4O3S. The average molecular weight is 560 g/mol. The van der Waals surface area contributed by atoms with Gasteiger partial charge in [0, 0.05) is 44.7 Å². The van der Waals surface area contributed by atoms with Gasteiger partial charge in [-0.1, -0.05) is 53.5 Å². The van der Waals surface area contributed by atoms with Gasteiger partial charge in [0.15, 0.2) is 0 Å². The van der Waals surface area contributed by atoms with E-state index in [-0.39, 0.29) is 39.7 Å². The minimum absolute atomic E-state index is 0. The van der Waals surface area contributed by atoms with Crippen molar-refractivity contribution < 1.29 is 13.2 Å². The Kier molecular flexibility index (Phi) is 9.46. The minimum atomic E-state index is -3.85. The van der Waals surface area contributed by atoms with Crippen molar-refractivity contribution in [1.29, 1.82) is 0 Å². The number of nitrogens with one attached hydrogen (secondary N) is 1. The molecule has 1 atom stereocenters. The van der Waals surface area contributed by atoms with Gasteiger partial charge in [-0.2, -0.15) is 4.31 Å². The normalized spacial score (nSPS) is 18.0. The Morgan fingerprint density at radius 3 is 2.63 bits per heavy atom. The van der Waals surface area contributed by atoms with Crippen molar-refractivity contribution in [2.75, 3.05) is 33.2 Å². The number of carbonyl (C=O) groups excluding carboxylic acids is 1. The number of halogens is 3. The molecule has 0 bridgehead atoms. The van der Waals surface area contributed by atoms with Crippen molar-refractivity contribution in [2.24, 2.45) is 4.99 Å². The van der Waals surface area contributed by atoms with Crippen LogP contribution in [0.25, 0.3) is 0 Å². The van der Waals surface area contributed by atoms with Crippen LogP contribution in [0, 0.1) is 0 Å². The Hall–Kier alpha value is -1.84. The lowest BCUT2D eigenvalue weighted by Crippen LogP contribution is -2.40. The van der Waals surface area contributed by atoms with Crippen molar-refractivity contribution >= 4 is 57.4 Å². The molecule has 1 amide bonds. The quantitative estimate of drug-likeness (QED) is 0.530. The molecule has 0 saturated carbocycles. The van der Waals surface area contributed by atoms with Crippen LogP contribution in [-0.2, 0) is 21.2 Å². The second-order valence-electron chi connectivity index (χ2n) is 8.59. The number of aliphatic imine (C=N–C) groups is 1. The van der Waals surface area contributed by atoms with Crippen LogP contribution in [0.1, 0.15) is 30.4 Å². The molecule has 190 valence electrons. The summed E-state index contributed by atoms with van der Waals surface area (Å²) in [4.78, 5) is 19.0. The van der Waals surface area contributed by atoms with Crippen LogP contribution in [0.5, 0.6) is 0 Å². The molecule has 4 rings (SSSR count). The topological polar surface area (TPSA) is 82.1 Å². The van der Waals surface area contributed by atoms with Gasteiger partial charge in [-0.3, -0.25) is 9.79 Å². The number of amides is 1. The summed E-state index contributed by atoms with van der Waals surface area (Å²) < 4.78 is 27.9. The minimum Gasteiger partial charge on any atom is -0.368 e. The molecule has 0 aliphatic carbocycles. The van der Waals surface area contributed by atoms with Gasteiger partial charge in [0.1, 0.15) is 10.7 Å². The van der Waals surface area contributed by atoms with Crippen LogP contribution in [0.4, 0.5) is 0 Å². The lowest BCUT2D eigenvalue weighted by atomic mass is 10.1. The zero-order valence-electron chi connectivity index (χ0n) is 19.4. The monoisotopic (exact) mass is 558 g/mol. The molecule has 0 spiro atoms. The fourth-order valence-corrected chi connectivity index (χ4v) is 6.77. The summed E-state index contributed by atoms with van der Waals surface area (Å²) in [7, 11) is -2.09. The number of hydrogen-bond donors (Lipinski definition) is 1. The summed E-state index contributed by atoms with van der Waals surface area (Å²) in [6.45, 7) is 2.59. The van der Waals surface area contributed by atoms with E-state index in [9.17, 15) is 13.2 Å². The van der Waals surface area contributed by atoms with Crippen LogP contribution in [0.15, 0.2) is 52.4 Å². The number of amidine groups is 1. The highest BCUT2D eigenvalue weighted by atomic mass is 35.5. The largest absolute Gasteiger partial charge is 0.368 e. The average Bonchev–Trinajstić information content (AvgIpc) is 3.52. The third kappa shape index (κ3) is 6.30. The highest BCUT2D eigenvalue weighted by molar-refractivity contribution is 7.89. The number of likely N-dealkylation sites (N-methyl/N-ethyl adjacent to an activating group) is 1. The van der Waals surface area contributed by atoms with Crippen molar-refractivity contribution in [3.8, 4) is 0 Å². The van der Waals surface area contributed by atoms with E-state index in [1.807, 2.05) is 12.1 Å². The smallest absolute Gasteiger partial charge is 0.244 e. The molecule has 1 unspecified atom stereocenters. The first-order chi connectivity index (χ1) is 16.3. The predicted molar refractivity (Wildman–Crippen MR) is 142 cm³/mol. The Morgan fingerprint density at radius 1 is 1.20 bits per heavy atom. The summed E-state index contributed by atoms with van der Waals surface area (Å²) >= 11 is 12.2. The van der Waals surface area contributed by atoms with Gasteiger partial charge >= 0.3 is 0 Å². The third-order valence-corrected chi connectivity index (χ3v) is 9.22. The van der Waals surface area contributed by atoms with E-state index in [2.05, 4.69) is 22.4 Å². The number of hydrogen-bond acceptors (Lipinski definition) is 5. The second-order valence-corrected chi connectivity index (χ2v) is 11.2. The molecule has 0 aromatic heterocycles. The van der Waals surface area contributed by atoms with Crippen molar-refractivity contribution in [1.82, 2.24) is 14.5 Å². The summed E-state index contributed by atoms with van der Waals surface area (Å²) in [5.74, 6) is 0.847. The van der Waals surface area contributed by atoms with Gasteiger partial charge in [-0.25, -0.2) is 8.42 Å². The molecule has 0 radical (unpaired) electrons. The highest BCUT2D eigenvalue weighted by Gasteiger charge is 2.38. The Labute approximate surface area is 223 Å². The SMILES string of the molecule is CN(CCc1ccc(C2=NCCN2)cc1)C(=O)CC1CCCN1S(=O)(=O)c1cccc(Cl)c1Cl.Cl. The maximum atomic E-state index is 13.2. The molecule has 2 heterocycles. The van der Waals surface area contributed by atoms with Crippen LogP contribution in [0.2, 0.25) is 10.0 Å². The van der Waals surface area contributed by atoms with Crippen LogP contribution in [-0.4, -0.2) is 68.6 Å². The van der Waals surface area contributed by atoms with E-state index in [1.54, 1.807) is 24.1 Å². The molecule has 2 aliphatic rings. The van der Waals surface area contributed by atoms with Crippen LogP contribution < -0.4 is 5.32 Å². The zero-order chi connectivity index (χ0) is 24.3. The van der Waals surface area contributed by atoms with E-state index in [0.717, 1.165) is 30.1 Å². The fraction of sp³-hybridized carbons (Fsp3) is 0.417. The number of benzene rings is 2. The lowest BCUT2D eigenvalue weighted by molar-refractivity contribution is -0.130. The predicted octanol–water partition coefficient (Wildman–Crippen LogP) is 4.01. The maximum Gasteiger partial charge on any atom is 0.244 e. The lowest BCUT2D eigenvalue weighted by Gasteiger charge is -2.26. The van der Waals surface area contributed by atoms with Gasteiger partial charge < -0.3 is 10.2 Å². The highest BCUT2D eigenvalue weighted by Crippen LogP contribution is 2.34. The first-order valence-corrected chi connectivity index (χ1v) is 13.5. The van der Waals surface area contributed by atoms with Crippen LogP contribution >= 0.6 is 35.6 Å². The maximum absolute atomic E-state index is 13.2. The number of sulfonamides is 1. The molecule has 1 N–H and O–H groups in total. The van der Waals surface area contributed by atoms with E-state index in [1.165, 1.54) is 10.4 Å². The Bertz CT molecular complexity index is 1190. The molecule has 1 fully saturated rings. The summed E-state index contributed by atoms with van der Waals surface area (Å²) in [5.41, 5.74) is 2.19. The number of carbonyl (C=O) groups is 1. The van der Waals surface area contributed by atoms with E-state index >= 15 is 0 Å². The Morgan fingerprint density at radius 2 is 1.94 bits per heavy atom. The second kappa shape index (κ2) is 11.9. The molecule has 11 heteroatoms.